The van der Waals surface area contributed by atoms with E-state index in [2.05, 4.69) is 16.0 Å². The van der Waals surface area contributed by atoms with Crippen molar-refractivity contribution in [1.29, 1.82) is 0 Å². The Morgan fingerprint density at radius 3 is 2.41 bits per heavy atom. The number of thioether (sulfide) groups is 1. The Bertz CT molecular complexity index is 1420. The van der Waals surface area contributed by atoms with Crippen molar-refractivity contribution >= 4 is 69.9 Å². The van der Waals surface area contributed by atoms with Crippen LogP contribution in [0.4, 0.5) is 11.4 Å². The van der Waals surface area contributed by atoms with Crippen LogP contribution in [0.2, 0.25) is 5.02 Å². The first-order chi connectivity index (χ1) is 18.0. The van der Waals surface area contributed by atoms with E-state index in [0.29, 0.717) is 22.0 Å². The quantitative estimate of drug-likeness (QED) is 0.164. The standard InChI is InChI=1S/C28H22ClN3O3S2/c29-23-13-4-5-14-24(23)31-26(33)18-37-21-11-6-10-20(16-21)30-28(35)25(17-22-12-7-15-36-22)32-27(34)19-8-2-1-3-9-19/h1-17H,18H2,(H,30,35)(H,31,33)(H,32,34)/b25-17-. The highest BCUT2D eigenvalue weighted by atomic mass is 35.5. The fraction of sp³-hybridized carbons (Fsp3) is 0.0357. The number of anilines is 2. The molecule has 0 aliphatic carbocycles. The number of carbonyl (C=O) groups is 3. The minimum absolute atomic E-state index is 0.119. The first kappa shape index (κ1) is 26.2. The lowest BCUT2D eigenvalue weighted by Crippen LogP contribution is -2.30. The van der Waals surface area contributed by atoms with E-state index in [-0.39, 0.29) is 23.3 Å². The smallest absolute Gasteiger partial charge is 0.272 e. The molecule has 0 radical (unpaired) electrons. The van der Waals surface area contributed by atoms with E-state index < -0.39 is 5.91 Å². The molecule has 3 amide bonds. The van der Waals surface area contributed by atoms with Gasteiger partial charge in [-0.15, -0.1) is 23.1 Å². The molecule has 0 aliphatic heterocycles. The molecular weight excluding hydrogens is 526 g/mol. The Morgan fingerprint density at radius 2 is 1.65 bits per heavy atom. The van der Waals surface area contributed by atoms with Gasteiger partial charge in [0.2, 0.25) is 5.91 Å². The molecule has 186 valence electrons. The van der Waals surface area contributed by atoms with E-state index in [1.807, 2.05) is 29.6 Å². The van der Waals surface area contributed by atoms with Crippen LogP contribution in [0.1, 0.15) is 15.2 Å². The fourth-order valence-corrected chi connectivity index (χ4v) is 4.81. The first-order valence-electron chi connectivity index (χ1n) is 11.2. The van der Waals surface area contributed by atoms with Crippen LogP contribution in [0, 0.1) is 0 Å². The third-order valence-corrected chi connectivity index (χ3v) is 7.11. The number of hydrogen-bond donors (Lipinski definition) is 3. The number of benzene rings is 3. The highest BCUT2D eigenvalue weighted by molar-refractivity contribution is 8.00. The molecule has 0 bridgehead atoms. The number of halogens is 1. The van der Waals surface area contributed by atoms with Gasteiger partial charge in [0, 0.05) is 21.0 Å². The van der Waals surface area contributed by atoms with Gasteiger partial charge >= 0.3 is 0 Å². The predicted octanol–water partition coefficient (Wildman–Crippen LogP) is 6.54. The van der Waals surface area contributed by atoms with Crippen LogP contribution >= 0.6 is 34.7 Å². The van der Waals surface area contributed by atoms with Gasteiger partial charge in [-0.05, 0) is 60.0 Å². The molecule has 0 aliphatic rings. The molecule has 0 spiro atoms. The molecule has 4 aromatic rings. The van der Waals surface area contributed by atoms with Gasteiger partial charge in [-0.2, -0.15) is 0 Å². The third-order valence-electron chi connectivity index (χ3n) is 4.97. The number of rotatable bonds is 9. The average molecular weight is 548 g/mol. The minimum atomic E-state index is -0.462. The van der Waals surface area contributed by atoms with Crippen LogP contribution in [-0.4, -0.2) is 23.5 Å². The molecule has 9 heteroatoms. The van der Waals surface area contributed by atoms with E-state index in [1.165, 1.54) is 23.1 Å². The van der Waals surface area contributed by atoms with Gasteiger partial charge < -0.3 is 16.0 Å². The van der Waals surface area contributed by atoms with Crippen LogP contribution in [0.3, 0.4) is 0 Å². The summed E-state index contributed by atoms with van der Waals surface area (Å²) in [6.45, 7) is 0. The molecular formula is C28H22ClN3O3S2. The molecule has 6 nitrogen and oxygen atoms in total. The van der Waals surface area contributed by atoms with Crippen molar-refractivity contribution in [1.82, 2.24) is 5.32 Å². The number of para-hydroxylation sites is 1. The SMILES string of the molecule is O=C(CSc1cccc(NC(=O)/C(=C/c2cccs2)NC(=O)c2ccccc2)c1)Nc1ccccc1Cl. The molecule has 0 saturated carbocycles. The maximum absolute atomic E-state index is 13.1. The number of carbonyl (C=O) groups excluding carboxylic acids is 3. The summed E-state index contributed by atoms with van der Waals surface area (Å²) < 4.78 is 0. The normalized spacial score (nSPS) is 11.0. The summed E-state index contributed by atoms with van der Waals surface area (Å²) in [6.07, 6.45) is 1.64. The van der Waals surface area contributed by atoms with Crippen molar-refractivity contribution in [3.05, 3.63) is 118 Å². The second-order valence-corrected chi connectivity index (χ2v) is 10.1. The Morgan fingerprint density at radius 1 is 0.865 bits per heavy atom. The van der Waals surface area contributed by atoms with Gasteiger partial charge in [-0.3, -0.25) is 14.4 Å². The molecule has 0 atom stereocenters. The lowest BCUT2D eigenvalue weighted by molar-refractivity contribution is -0.114. The van der Waals surface area contributed by atoms with Crippen molar-refractivity contribution in [2.45, 2.75) is 4.90 Å². The summed E-state index contributed by atoms with van der Waals surface area (Å²) in [4.78, 5) is 39.8. The van der Waals surface area contributed by atoms with Crippen LogP contribution < -0.4 is 16.0 Å². The Labute approximate surface area is 227 Å². The highest BCUT2D eigenvalue weighted by Crippen LogP contribution is 2.24. The van der Waals surface area contributed by atoms with Crippen molar-refractivity contribution in [3.63, 3.8) is 0 Å². The van der Waals surface area contributed by atoms with Gasteiger partial charge in [0.15, 0.2) is 0 Å². The first-order valence-corrected chi connectivity index (χ1v) is 13.4. The maximum atomic E-state index is 13.1. The van der Waals surface area contributed by atoms with Crippen LogP contribution in [-0.2, 0) is 9.59 Å². The topological polar surface area (TPSA) is 87.3 Å². The lowest BCUT2D eigenvalue weighted by atomic mass is 10.2. The Hall–Kier alpha value is -3.85. The summed E-state index contributed by atoms with van der Waals surface area (Å²) in [5.74, 6) is -0.875. The number of nitrogens with one attached hydrogen (secondary N) is 3. The second kappa shape index (κ2) is 12.9. The summed E-state index contributed by atoms with van der Waals surface area (Å²) in [7, 11) is 0. The zero-order valence-electron chi connectivity index (χ0n) is 19.4. The van der Waals surface area contributed by atoms with Gasteiger partial charge in [0.25, 0.3) is 11.8 Å². The Balaban J connectivity index is 1.42. The Kier molecular flexibility index (Phi) is 9.15. The van der Waals surface area contributed by atoms with E-state index in [1.54, 1.807) is 72.8 Å². The van der Waals surface area contributed by atoms with Crippen molar-refractivity contribution in [2.75, 3.05) is 16.4 Å². The number of thiophene rings is 1. The average Bonchev–Trinajstić information content (AvgIpc) is 3.42. The maximum Gasteiger partial charge on any atom is 0.272 e. The largest absolute Gasteiger partial charge is 0.324 e. The molecule has 3 N–H and O–H groups in total. The lowest BCUT2D eigenvalue weighted by Gasteiger charge is -2.12. The molecule has 0 saturated heterocycles. The molecule has 0 unspecified atom stereocenters. The molecule has 4 rings (SSSR count). The fourth-order valence-electron chi connectivity index (χ4n) is 3.22. The monoisotopic (exact) mass is 547 g/mol. The van der Waals surface area contributed by atoms with E-state index >= 15 is 0 Å². The molecule has 0 fully saturated rings. The predicted molar refractivity (Wildman–Crippen MR) is 152 cm³/mol. The van der Waals surface area contributed by atoms with Crippen molar-refractivity contribution in [3.8, 4) is 0 Å². The molecule has 37 heavy (non-hydrogen) atoms. The minimum Gasteiger partial charge on any atom is -0.324 e. The molecule has 3 aromatic carbocycles. The van der Waals surface area contributed by atoms with E-state index in [4.69, 9.17) is 11.6 Å². The van der Waals surface area contributed by atoms with Crippen LogP contribution in [0.5, 0.6) is 0 Å². The van der Waals surface area contributed by atoms with Crippen LogP contribution in [0.25, 0.3) is 6.08 Å². The van der Waals surface area contributed by atoms with Crippen LogP contribution in [0.15, 0.2) is 107 Å². The van der Waals surface area contributed by atoms with Crippen molar-refractivity contribution in [2.24, 2.45) is 0 Å². The zero-order chi connectivity index (χ0) is 26.0. The van der Waals surface area contributed by atoms with Crippen molar-refractivity contribution < 1.29 is 14.4 Å². The summed E-state index contributed by atoms with van der Waals surface area (Å²) in [5.41, 5.74) is 1.65. The molecule has 1 aromatic heterocycles. The number of hydrogen-bond acceptors (Lipinski definition) is 5. The van der Waals surface area contributed by atoms with Gasteiger partial charge in [0.05, 0.1) is 16.5 Å². The molecule has 1 heterocycles. The van der Waals surface area contributed by atoms with E-state index in [0.717, 1.165) is 9.77 Å². The summed E-state index contributed by atoms with van der Waals surface area (Å²) >= 11 is 8.88. The zero-order valence-corrected chi connectivity index (χ0v) is 21.8. The summed E-state index contributed by atoms with van der Waals surface area (Å²) in [5, 5.41) is 10.7. The van der Waals surface area contributed by atoms with Gasteiger partial charge in [-0.1, -0.05) is 54.1 Å². The highest BCUT2D eigenvalue weighted by Gasteiger charge is 2.16. The number of amides is 3. The van der Waals surface area contributed by atoms with Gasteiger partial charge in [-0.25, -0.2) is 0 Å². The summed E-state index contributed by atoms with van der Waals surface area (Å²) in [6, 6.07) is 26.6. The van der Waals surface area contributed by atoms with E-state index in [9.17, 15) is 14.4 Å². The third kappa shape index (κ3) is 7.82. The second-order valence-electron chi connectivity index (χ2n) is 7.69. The van der Waals surface area contributed by atoms with Gasteiger partial charge in [0.1, 0.15) is 5.70 Å².